The molecule has 0 heterocycles. The Morgan fingerprint density at radius 2 is 1.59 bits per heavy atom. The van der Waals surface area contributed by atoms with Crippen molar-refractivity contribution in [2.24, 2.45) is 11.8 Å². The number of rotatable bonds is 10. The van der Waals surface area contributed by atoms with Crippen molar-refractivity contribution in [3.8, 4) is 0 Å². The van der Waals surface area contributed by atoms with Crippen molar-refractivity contribution in [1.82, 2.24) is 0 Å². The molecular weight excluding hydrogens is 412 g/mol. The Morgan fingerprint density at radius 1 is 1.03 bits per heavy atom. The Morgan fingerprint density at radius 3 is 2.09 bits per heavy atom. The summed E-state index contributed by atoms with van der Waals surface area (Å²) < 4.78 is 12.1. The number of allylic oxidation sites excluding steroid dienone is 1. The Kier molecular flexibility index (Phi) is 8.13. The van der Waals surface area contributed by atoms with Gasteiger partial charge in [-0.05, 0) is 60.4 Å². The van der Waals surface area contributed by atoms with Gasteiger partial charge < -0.3 is 9.16 Å². The third kappa shape index (κ3) is 5.60. The number of ether oxygens (including phenoxy) is 1. The third-order valence-electron chi connectivity index (χ3n) is 6.49. The Balaban J connectivity index is 1.68. The first-order valence-corrected chi connectivity index (χ1v) is 13.8. The smallest absolute Gasteiger partial charge is 0.333 e. The highest BCUT2D eigenvalue weighted by Crippen LogP contribution is 2.44. The number of hydrogen-bond acceptors (Lipinski definition) is 3. The van der Waals surface area contributed by atoms with Crippen LogP contribution in [0.4, 0.5) is 0 Å². The average Bonchev–Trinajstić information content (AvgIpc) is 3.52. The van der Waals surface area contributed by atoms with Gasteiger partial charge in [0.1, 0.15) is 0 Å². The van der Waals surface area contributed by atoms with Crippen molar-refractivity contribution in [1.29, 1.82) is 0 Å². The Bertz CT molecular complexity index is 860. The van der Waals surface area contributed by atoms with Gasteiger partial charge in [-0.1, -0.05) is 87.5 Å². The summed E-state index contributed by atoms with van der Waals surface area (Å²) in [5, 5.41) is 2.67. The highest BCUT2D eigenvalue weighted by atomic mass is 28.4. The molecule has 0 aliphatic heterocycles. The van der Waals surface area contributed by atoms with Gasteiger partial charge >= 0.3 is 5.97 Å². The zero-order valence-corrected chi connectivity index (χ0v) is 21.3. The predicted molar refractivity (Wildman–Crippen MR) is 135 cm³/mol. The molecule has 0 aromatic heterocycles. The van der Waals surface area contributed by atoms with Gasteiger partial charge in [-0.25, -0.2) is 4.79 Å². The van der Waals surface area contributed by atoms with Crippen molar-refractivity contribution in [2.75, 3.05) is 13.2 Å². The average molecular weight is 451 g/mol. The van der Waals surface area contributed by atoms with Crippen LogP contribution in [0.2, 0.25) is 5.04 Å². The van der Waals surface area contributed by atoms with Gasteiger partial charge in [-0.15, -0.1) is 0 Å². The quantitative estimate of drug-likeness (QED) is 0.208. The van der Waals surface area contributed by atoms with Crippen LogP contribution in [-0.2, 0) is 14.0 Å². The maximum atomic E-state index is 11.8. The molecule has 3 nitrogen and oxygen atoms in total. The SMILES string of the molecule is CCOC(=O)/C(C)=C/[C@H]1C[C@@H]1CCCO[Si](c1ccccc1)(c1ccccc1)C(C)(C)C. The summed E-state index contributed by atoms with van der Waals surface area (Å²) >= 11 is 0. The zero-order chi connectivity index (χ0) is 23.2. The van der Waals surface area contributed by atoms with E-state index in [1.807, 2.05) is 13.8 Å². The summed E-state index contributed by atoms with van der Waals surface area (Å²) in [6.07, 6.45) is 5.44. The van der Waals surface area contributed by atoms with Crippen LogP contribution in [0.1, 0.15) is 53.9 Å². The van der Waals surface area contributed by atoms with Gasteiger partial charge in [-0.3, -0.25) is 0 Å². The number of carbonyl (C=O) groups excluding carboxylic acids is 1. The monoisotopic (exact) mass is 450 g/mol. The van der Waals surface area contributed by atoms with Crippen molar-refractivity contribution in [3.05, 3.63) is 72.3 Å². The van der Waals surface area contributed by atoms with Gasteiger partial charge in [0, 0.05) is 12.2 Å². The second-order valence-electron chi connectivity index (χ2n) is 9.88. The van der Waals surface area contributed by atoms with Crippen LogP contribution in [0, 0.1) is 11.8 Å². The van der Waals surface area contributed by atoms with E-state index < -0.39 is 8.32 Å². The van der Waals surface area contributed by atoms with Crippen LogP contribution < -0.4 is 10.4 Å². The van der Waals surface area contributed by atoms with Crippen molar-refractivity contribution < 1.29 is 14.0 Å². The standard InChI is InChI=1S/C28H38O3Si/c1-6-30-27(29)22(2)20-24-21-23(24)14-13-19-31-32(28(3,4)5,25-15-9-7-10-16-25)26-17-11-8-12-18-26/h7-12,15-18,20,23-24H,6,13-14,19,21H2,1-5H3/b22-20+/t23-,24-/m0/s1. The van der Waals surface area contributed by atoms with E-state index in [4.69, 9.17) is 9.16 Å². The van der Waals surface area contributed by atoms with Crippen LogP contribution in [0.5, 0.6) is 0 Å². The summed E-state index contributed by atoms with van der Waals surface area (Å²) in [4.78, 5) is 11.8. The summed E-state index contributed by atoms with van der Waals surface area (Å²) in [7, 11) is -2.44. The molecule has 1 fully saturated rings. The van der Waals surface area contributed by atoms with E-state index >= 15 is 0 Å². The molecule has 0 bridgehead atoms. The fraction of sp³-hybridized carbons (Fsp3) is 0.464. The number of esters is 1. The normalized spacial score (nSPS) is 19.0. The molecule has 172 valence electrons. The molecule has 2 atom stereocenters. The van der Waals surface area contributed by atoms with Crippen LogP contribution in [-0.4, -0.2) is 27.5 Å². The topological polar surface area (TPSA) is 35.5 Å². The minimum atomic E-state index is -2.44. The van der Waals surface area contributed by atoms with E-state index in [1.165, 1.54) is 10.4 Å². The van der Waals surface area contributed by atoms with Gasteiger partial charge in [0.25, 0.3) is 8.32 Å². The number of benzene rings is 2. The summed E-state index contributed by atoms with van der Waals surface area (Å²) in [5.41, 5.74) is 0.739. The fourth-order valence-corrected chi connectivity index (χ4v) is 9.38. The molecule has 0 amide bonds. The van der Waals surface area contributed by atoms with Crippen LogP contribution in [0.25, 0.3) is 0 Å². The maximum Gasteiger partial charge on any atom is 0.333 e. The molecular formula is C28H38O3Si. The van der Waals surface area contributed by atoms with Gasteiger partial charge in [-0.2, -0.15) is 0 Å². The molecule has 1 aliphatic rings. The maximum absolute atomic E-state index is 11.8. The first kappa shape index (κ1) is 24.5. The molecule has 1 saturated carbocycles. The van der Waals surface area contributed by atoms with E-state index in [9.17, 15) is 4.79 Å². The third-order valence-corrected chi connectivity index (χ3v) is 11.5. The molecule has 0 saturated heterocycles. The number of carbonyl (C=O) groups is 1. The Labute approximate surface area is 195 Å². The molecule has 32 heavy (non-hydrogen) atoms. The molecule has 2 aromatic carbocycles. The lowest BCUT2D eigenvalue weighted by Crippen LogP contribution is -2.66. The highest BCUT2D eigenvalue weighted by Gasteiger charge is 2.50. The lowest BCUT2D eigenvalue weighted by atomic mass is 10.1. The fourth-order valence-electron chi connectivity index (χ4n) is 4.77. The summed E-state index contributed by atoms with van der Waals surface area (Å²) in [6.45, 7) is 11.8. The molecule has 0 N–H and O–H groups in total. The molecule has 1 aliphatic carbocycles. The highest BCUT2D eigenvalue weighted by molar-refractivity contribution is 6.99. The molecule has 2 aromatic rings. The van der Waals surface area contributed by atoms with E-state index in [0.717, 1.165) is 31.4 Å². The number of hydrogen-bond donors (Lipinski definition) is 0. The summed E-state index contributed by atoms with van der Waals surface area (Å²) in [5.74, 6) is 0.975. The van der Waals surface area contributed by atoms with E-state index in [1.54, 1.807) is 0 Å². The Hall–Kier alpha value is -2.17. The van der Waals surface area contributed by atoms with E-state index in [2.05, 4.69) is 87.5 Å². The van der Waals surface area contributed by atoms with Crippen LogP contribution >= 0.6 is 0 Å². The van der Waals surface area contributed by atoms with Gasteiger partial charge in [0.2, 0.25) is 0 Å². The van der Waals surface area contributed by atoms with Crippen LogP contribution in [0.15, 0.2) is 72.3 Å². The first-order valence-electron chi connectivity index (χ1n) is 11.9. The van der Waals surface area contributed by atoms with Gasteiger partial charge in [0.05, 0.1) is 6.61 Å². The lowest BCUT2D eigenvalue weighted by molar-refractivity contribution is -0.138. The van der Waals surface area contributed by atoms with Crippen molar-refractivity contribution >= 4 is 24.7 Å². The minimum Gasteiger partial charge on any atom is -0.463 e. The lowest BCUT2D eigenvalue weighted by Gasteiger charge is -2.43. The second kappa shape index (κ2) is 10.6. The predicted octanol–water partition coefficient (Wildman–Crippen LogP) is 5.49. The molecule has 3 rings (SSSR count). The summed E-state index contributed by atoms with van der Waals surface area (Å²) in [6, 6.07) is 21.6. The second-order valence-corrected chi connectivity index (χ2v) is 14.2. The van der Waals surface area contributed by atoms with E-state index in [-0.39, 0.29) is 11.0 Å². The van der Waals surface area contributed by atoms with Crippen molar-refractivity contribution in [2.45, 2.75) is 58.9 Å². The first-order chi connectivity index (χ1) is 15.3. The van der Waals surface area contributed by atoms with Gasteiger partial charge in [0.15, 0.2) is 0 Å². The molecule has 0 spiro atoms. The van der Waals surface area contributed by atoms with Crippen LogP contribution in [0.3, 0.4) is 0 Å². The largest absolute Gasteiger partial charge is 0.463 e. The zero-order valence-electron chi connectivity index (χ0n) is 20.3. The molecule has 4 heteroatoms. The molecule has 0 unspecified atom stereocenters. The van der Waals surface area contributed by atoms with E-state index in [0.29, 0.717) is 18.4 Å². The molecule has 0 radical (unpaired) electrons. The minimum absolute atomic E-state index is 0.0112. The van der Waals surface area contributed by atoms with Crippen molar-refractivity contribution in [3.63, 3.8) is 0 Å².